The van der Waals surface area contributed by atoms with Crippen molar-refractivity contribution in [3.63, 3.8) is 0 Å². The molecule has 1 rings (SSSR count). The zero-order valence-electron chi connectivity index (χ0n) is 12.7. The van der Waals surface area contributed by atoms with Crippen LogP contribution >= 0.6 is 23.2 Å². The molecule has 120 valence electrons. The quantitative estimate of drug-likeness (QED) is 0.736. The van der Waals surface area contributed by atoms with Crippen molar-refractivity contribution in [3.05, 3.63) is 46.5 Å². The fraction of sp³-hybridized carbons (Fsp3) is 0.375. The lowest BCUT2D eigenvalue weighted by Crippen LogP contribution is -2.45. The molecule has 1 aromatic rings. The molecule has 0 aliphatic heterocycles. The molecule has 0 aliphatic rings. The Kier molecular flexibility index (Phi) is 7.42. The summed E-state index contributed by atoms with van der Waals surface area (Å²) in [6, 6.07) is 4.15. The largest absolute Gasteiger partial charge is 0.334 e. The Morgan fingerprint density at radius 1 is 1.27 bits per heavy atom. The molecule has 0 spiro atoms. The van der Waals surface area contributed by atoms with E-state index >= 15 is 0 Å². The second kappa shape index (κ2) is 8.81. The van der Waals surface area contributed by atoms with E-state index in [1.165, 1.54) is 6.08 Å². The first-order chi connectivity index (χ1) is 10.3. The van der Waals surface area contributed by atoms with Gasteiger partial charge >= 0.3 is 6.03 Å². The number of hydrogen-bond donors (Lipinski definition) is 2. The van der Waals surface area contributed by atoms with Gasteiger partial charge in [-0.2, -0.15) is 0 Å². The van der Waals surface area contributed by atoms with E-state index in [4.69, 9.17) is 23.2 Å². The van der Waals surface area contributed by atoms with Crippen LogP contribution in [0.4, 0.5) is 4.79 Å². The number of halogens is 2. The van der Waals surface area contributed by atoms with Crippen molar-refractivity contribution >= 4 is 35.0 Å². The maximum Gasteiger partial charge on any atom is 0.315 e. The van der Waals surface area contributed by atoms with Crippen LogP contribution in [0.15, 0.2) is 30.9 Å². The molecule has 0 aromatic heterocycles. The van der Waals surface area contributed by atoms with E-state index in [0.717, 1.165) is 5.56 Å². The summed E-state index contributed by atoms with van der Waals surface area (Å²) in [6.45, 7) is 7.72. The standard InChI is InChI=1S/C16H20Cl2N2O2/c1-4-15(21)14(7-10(2)3)20-16(22)19-9-11-5-6-12(17)13(18)8-11/h4-6,8,10,14H,1,7,9H2,2-3H3,(H2,19,20,22)/t14-/m0/s1. The topological polar surface area (TPSA) is 58.2 Å². The van der Waals surface area contributed by atoms with Gasteiger partial charge in [-0.25, -0.2) is 4.79 Å². The van der Waals surface area contributed by atoms with E-state index in [9.17, 15) is 9.59 Å². The molecule has 2 amide bonds. The van der Waals surface area contributed by atoms with Crippen LogP contribution < -0.4 is 10.6 Å². The first-order valence-electron chi connectivity index (χ1n) is 6.98. The molecular weight excluding hydrogens is 323 g/mol. The van der Waals surface area contributed by atoms with Crippen LogP contribution in [-0.4, -0.2) is 17.9 Å². The van der Waals surface area contributed by atoms with Crippen LogP contribution in [0, 0.1) is 5.92 Å². The fourth-order valence-electron chi connectivity index (χ4n) is 1.90. The van der Waals surface area contributed by atoms with Crippen molar-refractivity contribution in [1.82, 2.24) is 10.6 Å². The van der Waals surface area contributed by atoms with Gasteiger partial charge in [-0.1, -0.05) is 49.7 Å². The number of nitrogens with one attached hydrogen (secondary N) is 2. The summed E-state index contributed by atoms with van der Waals surface area (Å²) >= 11 is 11.7. The van der Waals surface area contributed by atoms with Gasteiger partial charge < -0.3 is 10.6 Å². The molecule has 0 unspecified atom stereocenters. The molecule has 1 atom stereocenters. The van der Waals surface area contributed by atoms with Crippen LogP contribution in [0.5, 0.6) is 0 Å². The van der Waals surface area contributed by atoms with Gasteiger partial charge in [0.1, 0.15) is 0 Å². The Balaban J connectivity index is 2.57. The fourth-order valence-corrected chi connectivity index (χ4v) is 2.22. The number of carbonyl (C=O) groups excluding carboxylic acids is 2. The Bertz CT molecular complexity index is 559. The first-order valence-corrected chi connectivity index (χ1v) is 7.73. The molecule has 0 bridgehead atoms. The van der Waals surface area contributed by atoms with Crippen molar-refractivity contribution < 1.29 is 9.59 Å². The molecule has 0 radical (unpaired) electrons. The van der Waals surface area contributed by atoms with E-state index in [0.29, 0.717) is 23.0 Å². The zero-order valence-corrected chi connectivity index (χ0v) is 14.2. The third kappa shape index (κ3) is 6.08. The van der Waals surface area contributed by atoms with Crippen LogP contribution in [0.1, 0.15) is 25.8 Å². The van der Waals surface area contributed by atoms with Gasteiger partial charge in [0, 0.05) is 6.54 Å². The summed E-state index contributed by atoms with van der Waals surface area (Å²) < 4.78 is 0. The molecular formula is C16H20Cl2N2O2. The van der Waals surface area contributed by atoms with Gasteiger partial charge in [0.05, 0.1) is 16.1 Å². The summed E-state index contributed by atoms with van der Waals surface area (Å²) in [5.74, 6) is 0.0858. The normalized spacial score (nSPS) is 11.9. The van der Waals surface area contributed by atoms with Crippen molar-refractivity contribution in [3.8, 4) is 0 Å². The minimum absolute atomic E-state index is 0.196. The van der Waals surface area contributed by atoms with Gasteiger partial charge in [-0.05, 0) is 36.1 Å². The molecule has 6 heteroatoms. The number of carbonyl (C=O) groups is 2. The summed E-state index contributed by atoms with van der Waals surface area (Å²) in [6.07, 6.45) is 1.79. The molecule has 2 N–H and O–H groups in total. The average Bonchev–Trinajstić information content (AvgIpc) is 2.46. The van der Waals surface area contributed by atoms with Gasteiger partial charge in [-0.3, -0.25) is 4.79 Å². The summed E-state index contributed by atoms with van der Waals surface area (Å²) in [4.78, 5) is 23.7. The maximum atomic E-state index is 11.9. The van der Waals surface area contributed by atoms with E-state index in [1.54, 1.807) is 18.2 Å². The summed E-state index contributed by atoms with van der Waals surface area (Å²) in [5.41, 5.74) is 0.819. The number of amides is 2. The SMILES string of the molecule is C=CC(=O)[C@H](CC(C)C)NC(=O)NCc1ccc(Cl)c(Cl)c1. The lowest BCUT2D eigenvalue weighted by molar-refractivity contribution is -0.116. The predicted octanol–water partition coefficient (Wildman–Crippen LogP) is 3.96. The number of urea groups is 1. The number of benzene rings is 1. The van der Waals surface area contributed by atoms with E-state index in [1.807, 2.05) is 13.8 Å². The highest BCUT2D eigenvalue weighted by atomic mass is 35.5. The van der Waals surface area contributed by atoms with Crippen LogP contribution in [0.25, 0.3) is 0 Å². The van der Waals surface area contributed by atoms with Crippen molar-refractivity contribution in [1.29, 1.82) is 0 Å². The third-order valence-electron chi connectivity index (χ3n) is 2.99. The Morgan fingerprint density at radius 2 is 1.95 bits per heavy atom. The van der Waals surface area contributed by atoms with Crippen molar-refractivity contribution in [2.75, 3.05) is 0 Å². The lowest BCUT2D eigenvalue weighted by Gasteiger charge is -2.18. The van der Waals surface area contributed by atoms with E-state index in [2.05, 4.69) is 17.2 Å². The molecule has 0 heterocycles. The van der Waals surface area contributed by atoms with Crippen molar-refractivity contribution in [2.24, 2.45) is 5.92 Å². The molecule has 22 heavy (non-hydrogen) atoms. The molecule has 0 fully saturated rings. The highest BCUT2D eigenvalue weighted by Crippen LogP contribution is 2.22. The van der Waals surface area contributed by atoms with Crippen LogP contribution in [0.2, 0.25) is 10.0 Å². The predicted molar refractivity (Wildman–Crippen MR) is 90.3 cm³/mol. The second-order valence-corrected chi connectivity index (χ2v) is 6.18. The van der Waals surface area contributed by atoms with Gasteiger partial charge in [0.15, 0.2) is 5.78 Å². The van der Waals surface area contributed by atoms with Crippen LogP contribution in [-0.2, 0) is 11.3 Å². The monoisotopic (exact) mass is 342 g/mol. The second-order valence-electron chi connectivity index (χ2n) is 5.36. The molecule has 0 saturated heterocycles. The average molecular weight is 343 g/mol. The van der Waals surface area contributed by atoms with Gasteiger partial charge in [-0.15, -0.1) is 0 Å². The first kappa shape index (κ1) is 18.5. The molecule has 0 aliphatic carbocycles. The van der Waals surface area contributed by atoms with E-state index in [-0.39, 0.29) is 11.7 Å². The molecule has 0 saturated carbocycles. The third-order valence-corrected chi connectivity index (χ3v) is 3.73. The smallest absolute Gasteiger partial charge is 0.315 e. The summed E-state index contributed by atoms with van der Waals surface area (Å²) in [7, 11) is 0. The lowest BCUT2D eigenvalue weighted by atomic mass is 10.0. The highest BCUT2D eigenvalue weighted by Gasteiger charge is 2.19. The van der Waals surface area contributed by atoms with Gasteiger partial charge in [0.25, 0.3) is 0 Å². The molecule has 4 nitrogen and oxygen atoms in total. The minimum atomic E-state index is -0.564. The Hall–Kier alpha value is -1.52. The zero-order chi connectivity index (χ0) is 16.7. The minimum Gasteiger partial charge on any atom is -0.334 e. The number of ketones is 1. The maximum absolute atomic E-state index is 11.9. The van der Waals surface area contributed by atoms with Crippen LogP contribution in [0.3, 0.4) is 0 Å². The Morgan fingerprint density at radius 3 is 2.50 bits per heavy atom. The van der Waals surface area contributed by atoms with E-state index < -0.39 is 12.1 Å². The van der Waals surface area contributed by atoms with Gasteiger partial charge in [0.2, 0.25) is 0 Å². The molecule has 1 aromatic carbocycles. The number of rotatable bonds is 7. The number of hydrogen-bond acceptors (Lipinski definition) is 2. The Labute approximate surface area is 140 Å². The van der Waals surface area contributed by atoms with Crippen molar-refractivity contribution in [2.45, 2.75) is 32.9 Å². The summed E-state index contributed by atoms with van der Waals surface area (Å²) in [5, 5.41) is 6.25. The highest BCUT2D eigenvalue weighted by molar-refractivity contribution is 6.42.